The molecule has 0 atom stereocenters. The normalized spacial score (nSPS) is 18.8. The SMILES string of the molecule is CN(CC1(CN)CCCCCC1)c1ccc(O)cc1. The zero-order valence-electron chi connectivity index (χ0n) is 11.9. The van der Waals surface area contributed by atoms with Gasteiger partial charge in [0, 0.05) is 24.7 Å². The van der Waals surface area contributed by atoms with Crippen molar-refractivity contribution in [3.05, 3.63) is 24.3 Å². The molecule has 1 aromatic carbocycles. The standard InChI is InChI=1S/C16H26N2O/c1-18(14-6-8-15(19)9-7-14)13-16(12-17)10-4-2-3-5-11-16/h6-9,19H,2-5,10-13,17H2,1H3. The van der Waals surface area contributed by atoms with Crippen LogP contribution in [0.4, 0.5) is 5.69 Å². The summed E-state index contributed by atoms with van der Waals surface area (Å²) in [6.45, 7) is 1.78. The highest BCUT2D eigenvalue weighted by Crippen LogP contribution is 2.35. The molecule has 19 heavy (non-hydrogen) atoms. The number of rotatable bonds is 4. The summed E-state index contributed by atoms with van der Waals surface area (Å²) < 4.78 is 0. The van der Waals surface area contributed by atoms with E-state index >= 15 is 0 Å². The van der Waals surface area contributed by atoms with Crippen LogP contribution in [0.15, 0.2) is 24.3 Å². The summed E-state index contributed by atoms with van der Waals surface area (Å²) >= 11 is 0. The van der Waals surface area contributed by atoms with Gasteiger partial charge in [-0.25, -0.2) is 0 Å². The van der Waals surface area contributed by atoms with Crippen molar-refractivity contribution >= 4 is 5.69 Å². The molecule has 0 aliphatic heterocycles. The van der Waals surface area contributed by atoms with Crippen LogP contribution in [0.25, 0.3) is 0 Å². The second-order valence-electron chi connectivity index (χ2n) is 5.99. The average Bonchev–Trinajstić information content (AvgIpc) is 2.65. The Balaban J connectivity index is 2.06. The minimum absolute atomic E-state index is 0.267. The summed E-state index contributed by atoms with van der Waals surface area (Å²) in [6, 6.07) is 7.43. The lowest BCUT2D eigenvalue weighted by Crippen LogP contribution is -2.41. The number of anilines is 1. The van der Waals surface area contributed by atoms with Gasteiger partial charge in [-0.1, -0.05) is 25.7 Å². The first kappa shape index (κ1) is 14.2. The Kier molecular flexibility index (Phi) is 4.70. The van der Waals surface area contributed by atoms with Crippen LogP contribution in [-0.4, -0.2) is 25.2 Å². The van der Waals surface area contributed by atoms with Gasteiger partial charge in [0.1, 0.15) is 5.75 Å². The van der Waals surface area contributed by atoms with Crippen LogP contribution in [0.1, 0.15) is 38.5 Å². The number of phenolic OH excluding ortho intramolecular Hbond substituents is 1. The van der Waals surface area contributed by atoms with Gasteiger partial charge in [0.2, 0.25) is 0 Å². The molecule has 0 aromatic heterocycles. The molecule has 1 saturated carbocycles. The van der Waals surface area contributed by atoms with E-state index in [4.69, 9.17) is 5.73 Å². The third-order valence-electron chi connectivity index (χ3n) is 4.46. The molecule has 0 bridgehead atoms. The first-order chi connectivity index (χ1) is 9.15. The summed E-state index contributed by atoms with van der Waals surface area (Å²) in [5.41, 5.74) is 7.51. The molecule has 0 amide bonds. The molecule has 0 saturated heterocycles. The average molecular weight is 262 g/mol. The Hall–Kier alpha value is -1.22. The number of aromatic hydroxyl groups is 1. The van der Waals surface area contributed by atoms with Crippen molar-refractivity contribution in [3.63, 3.8) is 0 Å². The van der Waals surface area contributed by atoms with Crippen molar-refractivity contribution in [1.29, 1.82) is 0 Å². The minimum Gasteiger partial charge on any atom is -0.508 e. The summed E-state index contributed by atoms with van der Waals surface area (Å²) in [5, 5.41) is 9.36. The molecule has 0 spiro atoms. The largest absolute Gasteiger partial charge is 0.508 e. The van der Waals surface area contributed by atoms with E-state index in [1.165, 1.54) is 38.5 Å². The van der Waals surface area contributed by atoms with Crippen molar-refractivity contribution in [2.75, 3.05) is 25.0 Å². The molecule has 106 valence electrons. The number of nitrogens with zero attached hydrogens (tertiary/aromatic N) is 1. The van der Waals surface area contributed by atoms with Crippen LogP contribution in [-0.2, 0) is 0 Å². The molecule has 3 N–H and O–H groups in total. The number of hydrogen-bond donors (Lipinski definition) is 2. The van der Waals surface area contributed by atoms with Crippen molar-refractivity contribution in [3.8, 4) is 5.75 Å². The molecule has 0 unspecified atom stereocenters. The summed E-state index contributed by atoms with van der Waals surface area (Å²) in [7, 11) is 2.12. The van der Waals surface area contributed by atoms with Crippen LogP contribution in [0, 0.1) is 5.41 Å². The van der Waals surface area contributed by atoms with E-state index in [1.807, 2.05) is 12.1 Å². The lowest BCUT2D eigenvalue weighted by molar-refractivity contribution is 0.262. The lowest BCUT2D eigenvalue weighted by atomic mass is 9.80. The van der Waals surface area contributed by atoms with Gasteiger partial charge in [0.15, 0.2) is 0 Å². The van der Waals surface area contributed by atoms with Gasteiger partial charge < -0.3 is 15.7 Å². The topological polar surface area (TPSA) is 49.5 Å². The van der Waals surface area contributed by atoms with E-state index in [0.29, 0.717) is 5.75 Å². The second-order valence-corrected chi connectivity index (χ2v) is 5.99. The fraction of sp³-hybridized carbons (Fsp3) is 0.625. The van der Waals surface area contributed by atoms with Crippen LogP contribution < -0.4 is 10.6 Å². The highest BCUT2D eigenvalue weighted by Gasteiger charge is 2.30. The zero-order valence-corrected chi connectivity index (χ0v) is 11.9. The molecule has 0 heterocycles. The van der Waals surface area contributed by atoms with E-state index < -0.39 is 0 Å². The first-order valence-electron chi connectivity index (χ1n) is 7.35. The third kappa shape index (κ3) is 3.63. The zero-order chi connectivity index (χ0) is 13.7. The van der Waals surface area contributed by atoms with Crippen molar-refractivity contribution < 1.29 is 5.11 Å². The maximum Gasteiger partial charge on any atom is 0.115 e. The molecular formula is C16H26N2O. The smallest absolute Gasteiger partial charge is 0.115 e. The molecule has 3 heteroatoms. The van der Waals surface area contributed by atoms with Gasteiger partial charge in [-0.3, -0.25) is 0 Å². The summed E-state index contributed by atoms with van der Waals surface area (Å²) in [5.74, 6) is 0.320. The van der Waals surface area contributed by atoms with Crippen LogP contribution in [0.3, 0.4) is 0 Å². The number of benzene rings is 1. The molecule has 2 rings (SSSR count). The molecule has 1 aliphatic carbocycles. The van der Waals surface area contributed by atoms with Crippen LogP contribution in [0.5, 0.6) is 5.75 Å². The third-order valence-corrected chi connectivity index (χ3v) is 4.46. The maximum atomic E-state index is 9.36. The van der Waals surface area contributed by atoms with Gasteiger partial charge in [-0.05, 0) is 43.7 Å². The predicted octanol–water partition coefficient (Wildman–Crippen LogP) is 3.13. The van der Waals surface area contributed by atoms with E-state index in [0.717, 1.165) is 18.8 Å². The monoisotopic (exact) mass is 262 g/mol. The van der Waals surface area contributed by atoms with Crippen LogP contribution in [0.2, 0.25) is 0 Å². The van der Waals surface area contributed by atoms with Crippen molar-refractivity contribution in [1.82, 2.24) is 0 Å². The Morgan fingerprint density at radius 3 is 2.21 bits per heavy atom. The van der Waals surface area contributed by atoms with E-state index in [9.17, 15) is 5.11 Å². The Labute approximate surface area is 116 Å². The summed E-state index contributed by atoms with van der Waals surface area (Å²) in [4.78, 5) is 2.28. The van der Waals surface area contributed by atoms with Gasteiger partial charge in [0.25, 0.3) is 0 Å². The summed E-state index contributed by atoms with van der Waals surface area (Å²) in [6.07, 6.45) is 7.80. The quantitative estimate of drug-likeness (QED) is 0.820. The molecule has 1 aromatic rings. The molecular weight excluding hydrogens is 236 g/mol. The molecule has 1 fully saturated rings. The highest BCUT2D eigenvalue weighted by molar-refractivity contribution is 5.48. The predicted molar refractivity (Wildman–Crippen MR) is 80.6 cm³/mol. The minimum atomic E-state index is 0.267. The fourth-order valence-electron chi connectivity index (χ4n) is 3.21. The molecule has 3 nitrogen and oxygen atoms in total. The van der Waals surface area contributed by atoms with Crippen molar-refractivity contribution in [2.24, 2.45) is 11.1 Å². The molecule has 1 aliphatic rings. The Morgan fingerprint density at radius 1 is 1.11 bits per heavy atom. The number of phenols is 1. The van der Waals surface area contributed by atoms with Gasteiger partial charge in [-0.15, -0.1) is 0 Å². The fourth-order valence-corrected chi connectivity index (χ4v) is 3.21. The maximum absolute atomic E-state index is 9.36. The van der Waals surface area contributed by atoms with E-state index in [-0.39, 0.29) is 5.41 Å². The van der Waals surface area contributed by atoms with Gasteiger partial charge in [0.05, 0.1) is 0 Å². The van der Waals surface area contributed by atoms with E-state index in [2.05, 4.69) is 11.9 Å². The molecule has 0 radical (unpaired) electrons. The van der Waals surface area contributed by atoms with Gasteiger partial charge in [-0.2, -0.15) is 0 Å². The Morgan fingerprint density at radius 2 is 1.68 bits per heavy atom. The number of hydrogen-bond acceptors (Lipinski definition) is 3. The second kappa shape index (κ2) is 6.29. The first-order valence-corrected chi connectivity index (χ1v) is 7.35. The lowest BCUT2D eigenvalue weighted by Gasteiger charge is -2.36. The number of nitrogens with two attached hydrogens (primary N) is 1. The van der Waals surface area contributed by atoms with Gasteiger partial charge >= 0.3 is 0 Å². The highest BCUT2D eigenvalue weighted by atomic mass is 16.3. The van der Waals surface area contributed by atoms with Crippen LogP contribution >= 0.6 is 0 Å². The Bertz CT molecular complexity index is 380. The van der Waals surface area contributed by atoms with E-state index in [1.54, 1.807) is 12.1 Å². The van der Waals surface area contributed by atoms with Crippen molar-refractivity contribution in [2.45, 2.75) is 38.5 Å².